The van der Waals surface area contributed by atoms with Crippen LogP contribution in [0.4, 0.5) is 9.93 Å². The number of rotatable bonds is 4. The van der Waals surface area contributed by atoms with E-state index in [2.05, 4.69) is 9.71 Å². The van der Waals surface area contributed by atoms with Gasteiger partial charge in [-0.15, -0.1) is 22.7 Å². The van der Waals surface area contributed by atoms with Gasteiger partial charge in [0.1, 0.15) is 9.81 Å². The van der Waals surface area contributed by atoms with E-state index in [4.69, 9.17) is 16.3 Å². The molecule has 1 atom stereocenters. The van der Waals surface area contributed by atoms with Crippen molar-refractivity contribution in [3.63, 3.8) is 0 Å². The number of fused-ring (bicyclic) bond motifs is 1. The first-order valence-corrected chi connectivity index (χ1v) is 14.1. The van der Waals surface area contributed by atoms with Crippen molar-refractivity contribution < 1.29 is 17.9 Å². The molecule has 1 fully saturated rings. The molecule has 3 aromatic rings. The molecule has 0 spiro atoms. The minimum absolute atomic E-state index is 0.0361. The van der Waals surface area contributed by atoms with E-state index in [-0.39, 0.29) is 16.2 Å². The van der Waals surface area contributed by atoms with Crippen LogP contribution >= 0.6 is 34.3 Å². The van der Waals surface area contributed by atoms with Gasteiger partial charge in [-0.1, -0.05) is 11.6 Å². The van der Waals surface area contributed by atoms with E-state index >= 15 is 0 Å². The van der Waals surface area contributed by atoms with E-state index < -0.39 is 15.6 Å². The fraction of sp³-hybridized carbons (Fsp3) is 0.455. The van der Waals surface area contributed by atoms with Gasteiger partial charge in [0.25, 0.3) is 10.0 Å². The highest BCUT2D eigenvalue weighted by Crippen LogP contribution is 2.37. The number of hydrogen-bond acceptors (Lipinski definition) is 7. The maximum atomic E-state index is 13.1. The van der Waals surface area contributed by atoms with Crippen LogP contribution in [0.3, 0.4) is 0 Å². The summed E-state index contributed by atoms with van der Waals surface area (Å²) in [7, 11) is -3.79. The highest BCUT2D eigenvalue weighted by Gasteiger charge is 2.30. The normalized spacial score (nSPS) is 17.4. The Kier molecular flexibility index (Phi) is 6.65. The van der Waals surface area contributed by atoms with Crippen LogP contribution in [0.1, 0.15) is 50.8 Å². The number of anilines is 1. The van der Waals surface area contributed by atoms with Crippen molar-refractivity contribution in [2.75, 3.05) is 17.8 Å². The van der Waals surface area contributed by atoms with Crippen LogP contribution in [0.15, 0.2) is 27.8 Å². The number of likely N-dealkylation sites (tertiary alicyclic amines) is 1. The molecule has 33 heavy (non-hydrogen) atoms. The molecular formula is C22H26ClN3O4S3. The summed E-state index contributed by atoms with van der Waals surface area (Å²) in [5.74, 6) is 0.0361. The number of ether oxygens (including phenoxy) is 1. The largest absolute Gasteiger partial charge is 0.444 e. The zero-order chi connectivity index (χ0) is 24.0. The van der Waals surface area contributed by atoms with Crippen LogP contribution in [0.25, 0.3) is 10.1 Å². The van der Waals surface area contributed by atoms with Gasteiger partial charge >= 0.3 is 6.09 Å². The quantitative estimate of drug-likeness (QED) is 0.434. The Balaban J connectivity index is 1.49. The summed E-state index contributed by atoms with van der Waals surface area (Å²) >= 11 is 8.54. The number of piperidine rings is 1. The Hall–Kier alpha value is -1.88. The Morgan fingerprint density at radius 1 is 1.33 bits per heavy atom. The van der Waals surface area contributed by atoms with E-state index in [1.54, 1.807) is 24.0 Å². The van der Waals surface area contributed by atoms with Crippen molar-refractivity contribution >= 4 is 65.6 Å². The number of aromatic nitrogens is 1. The van der Waals surface area contributed by atoms with Gasteiger partial charge in [0, 0.05) is 34.1 Å². The van der Waals surface area contributed by atoms with E-state index in [1.165, 1.54) is 22.7 Å². The number of nitrogens with one attached hydrogen (secondary N) is 1. The van der Waals surface area contributed by atoms with Crippen molar-refractivity contribution in [3.8, 4) is 0 Å². The molecule has 1 N–H and O–H groups in total. The molecule has 4 rings (SSSR count). The molecule has 0 radical (unpaired) electrons. The lowest BCUT2D eigenvalue weighted by Crippen LogP contribution is -2.42. The van der Waals surface area contributed by atoms with Gasteiger partial charge in [0.15, 0.2) is 5.13 Å². The van der Waals surface area contributed by atoms with Gasteiger partial charge in [-0.25, -0.2) is 18.2 Å². The molecule has 1 aromatic carbocycles. The molecule has 178 valence electrons. The summed E-state index contributed by atoms with van der Waals surface area (Å²) in [6.07, 6.45) is 1.39. The lowest BCUT2D eigenvalue weighted by atomic mass is 9.96. The van der Waals surface area contributed by atoms with Gasteiger partial charge in [-0.3, -0.25) is 4.72 Å². The number of sulfonamides is 1. The van der Waals surface area contributed by atoms with Crippen LogP contribution in [-0.4, -0.2) is 43.1 Å². The smallest absolute Gasteiger partial charge is 0.410 e. The van der Waals surface area contributed by atoms with Crippen LogP contribution < -0.4 is 4.72 Å². The van der Waals surface area contributed by atoms with Crippen LogP contribution in [0.2, 0.25) is 5.02 Å². The van der Waals surface area contributed by atoms with E-state index in [0.29, 0.717) is 28.8 Å². The third-order valence-electron chi connectivity index (χ3n) is 5.33. The monoisotopic (exact) mass is 527 g/mol. The highest BCUT2D eigenvalue weighted by molar-refractivity contribution is 7.95. The van der Waals surface area contributed by atoms with Gasteiger partial charge in [0.2, 0.25) is 0 Å². The molecular weight excluding hydrogens is 502 g/mol. The number of aryl methyl sites for hydroxylation is 1. The van der Waals surface area contributed by atoms with Gasteiger partial charge in [0.05, 0.1) is 5.69 Å². The number of carbonyl (C=O) groups excluding carboxylic acids is 1. The van der Waals surface area contributed by atoms with Crippen molar-refractivity contribution in [2.45, 2.75) is 56.3 Å². The summed E-state index contributed by atoms with van der Waals surface area (Å²) in [5.41, 5.74) is 0.902. The predicted molar refractivity (Wildman–Crippen MR) is 134 cm³/mol. The van der Waals surface area contributed by atoms with Crippen LogP contribution in [0.5, 0.6) is 0 Å². The van der Waals surface area contributed by atoms with Crippen molar-refractivity contribution in [1.29, 1.82) is 0 Å². The molecule has 0 saturated carbocycles. The second kappa shape index (κ2) is 9.05. The molecule has 1 unspecified atom stereocenters. The molecule has 1 saturated heterocycles. The number of amides is 1. The first-order valence-electron chi connectivity index (χ1n) is 10.6. The predicted octanol–water partition coefficient (Wildman–Crippen LogP) is 6.23. The van der Waals surface area contributed by atoms with Crippen molar-refractivity contribution in [1.82, 2.24) is 9.88 Å². The Bertz CT molecular complexity index is 1290. The summed E-state index contributed by atoms with van der Waals surface area (Å²) < 4.78 is 35.4. The van der Waals surface area contributed by atoms with Crippen LogP contribution in [-0.2, 0) is 14.8 Å². The minimum Gasteiger partial charge on any atom is -0.444 e. The standard InChI is InChI=1S/C22H26ClN3O4S3/c1-13-16-10-15(23)7-8-18(16)32-19(13)33(28,29)25-20-24-17(12-31-20)14-6-5-9-26(11-14)21(27)30-22(2,3)4/h7-8,10,12,14H,5-6,9,11H2,1-4H3,(H,24,25). The fourth-order valence-electron chi connectivity index (χ4n) is 3.82. The lowest BCUT2D eigenvalue weighted by molar-refractivity contribution is 0.0197. The summed E-state index contributed by atoms with van der Waals surface area (Å²) in [4.78, 5) is 18.7. The highest BCUT2D eigenvalue weighted by atomic mass is 35.5. The number of hydrogen-bond donors (Lipinski definition) is 1. The molecule has 7 nitrogen and oxygen atoms in total. The number of carbonyl (C=O) groups is 1. The minimum atomic E-state index is -3.79. The number of thiophene rings is 1. The second-order valence-corrected chi connectivity index (χ2v) is 13.3. The van der Waals surface area contributed by atoms with Crippen LogP contribution in [0, 0.1) is 6.92 Å². The molecule has 1 amide bonds. The molecule has 1 aliphatic rings. The van der Waals surface area contributed by atoms with E-state index in [9.17, 15) is 13.2 Å². The number of halogens is 1. The molecule has 11 heteroatoms. The third kappa shape index (κ3) is 5.45. The average molecular weight is 528 g/mol. The molecule has 2 aromatic heterocycles. The summed E-state index contributed by atoms with van der Waals surface area (Å²) in [6.45, 7) is 8.46. The van der Waals surface area contributed by atoms with Gasteiger partial charge in [-0.05, 0) is 69.7 Å². The lowest BCUT2D eigenvalue weighted by Gasteiger charge is -2.33. The topological polar surface area (TPSA) is 88.6 Å². The second-order valence-electron chi connectivity index (χ2n) is 9.10. The number of nitrogens with zero attached hydrogens (tertiary/aromatic N) is 2. The van der Waals surface area contributed by atoms with Crippen molar-refractivity contribution in [2.24, 2.45) is 0 Å². The summed E-state index contributed by atoms with van der Waals surface area (Å²) in [6, 6.07) is 5.36. The Labute approximate surface area is 206 Å². The first kappa shape index (κ1) is 24.3. The molecule has 0 bridgehead atoms. The zero-order valence-corrected chi connectivity index (χ0v) is 22.1. The molecule has 1 aliphatic heterocycles. The molecule has 0 aliphatic carbocycles. The average Bonchev–Trinajstić information content (AvgIpc) is 3.31. The van der Waals surface area contributed by atoms with Gasteiger partial charge in [-0.2, -0.15) is 0 Å². The van der Waals surface area contributed by atoms with Gasteiger partial charge < -0.3 is 9.64 Å². The number of thiazole rings is 1. The third-order valence-corrected chi connectivity index (χ3v) is 9.71. The fourth-order valence-corrected chi connectivity index (χ4v) is 7.78. The van der Waals surface area contributed by atoms with E-state index in [1.807, 2.05) is 32.2 Å². The maximum absolute atomic E-state index is 13.1. The first-order chi connectivity index (χ1) is 15.4. The summed E-state index contributed by atoms with van der Waals surface area (Å²) in [5, 5.41) is 3.57. The Morgan fingerprint density at radius 3 is 2.82 bits per heavy atom. The zero-order valence-electron chi connectivity index (χ0n) is 18.8. The maximum Gasteiger partial charge on any atom is 0.410 e. The Morgan fingerprint density at radius 2 is 2.09 bits per heavy atom. The SMILES string of the molecule is Cc1c(S(=O)(=O)Nc2nc(C3CCCN(C(=O)OC(C)(C)C)C3)cs2)sc2ccc(Cl)cc12. The number of benzene rings is 1. The molecule has 3 heterocycles. The van der Waals surface area contributed by atoms with Crippen molar-refractivity contribution in [3.05, 3.63) is 39.9 Å². The van der Waals surface area contributed by atoms with E-state index in [0.717, 1.165) is 28.6 Å².